The summed E-state index contributed by atoms with van der Waals surface area (Å²) in [6.07, 6.45) is 5.95. The molecule has 0 amide bonds. The molecule has 0 radical (unpaired) electrons. The van der Waals surface area contributed by atoms with Crippen LogP contribution in [0.25, 0.3) is 11.0 Å². The van der Waals surface area contributed by atoms with Crippen molar-refractivity contribution < 1.29 is 0 Å². The molecule has 2 aliphatic rings. The molecule has 2 atom stereocenters. The average molecular weight is 283 g/mol. The number of aromatic nitrogens is 2. The van der Waals surface area contributed by atoms with Crippen molar-refractivity contribution in [2.24, 2.45) is 11.8 Å². The van der Waals surface area contributed by atoms with Gasteiger partial charge in [0.1, 0.15) is 5.65 Å². The predicted octanol–water partition coefficient (Wildman–Crippen LogP) is 3.92. The van der Waals surface area contributed by atoms with E-state index in [0.29, 0.717) is 0 Å². The van der Waals surface area contributed by atoms with Crippen molar-refractivity contribution in [2.75, 3.05) is 13.1 Å². The van der Waals surface area contributed by atoms with Crippen LogP contribution in [0.3, 0.4) is 0 Å². The maximum absolute atomic E-state index is 4.52. The van der Waals surface area contributed by atoms with E-state index in [1.54, 1.807) is 0 Å². The molecule has 2 aromatic heterocycles. The second-order valence-corrected chi connectivity index (χ2v) is 7.33. The number of nitrogens with one attached hydrogen (secondary N) is 1. The van der Waals surface area contributed by atoms with Gasteiger partial charge in [-0.25, -0.2) is 4.98 Å². The third-order valence-electron chi connectivity index (χ3n) is 5.02. The van der Waals surface area contributed by atoms with Gasteiger partial charge in [-0.15, -0.1) is 0 Å². The molecule has 1 aliphatic carbocycles. The van der Waals surface area contributed by atoms with Gasteiger partial charge < -0.3 is 4.98 Å². The molecular weight excluding hydrogens is 258 g/mol. The Hall–Kier alpha value is -1.35. The summed E-state index contributed by atoms with van der Waals surface area (Å²) in [6, 6.07) is 4.30. The minimum absolute atomic E-state index is 0.758. The maximum atomic E-state index is 4.52. The van der Waals surface area contributed by atoms with E-state index >= 15 is 0 Å². The molecule has 0 unspecified atom stereocenters. The van der Waals surface area contributed by atoms with E-state index < -0.39 is 0 Å². The summed E-state index contributed by atoms with van der Waals surface area (Å²) in [5.74, 6) is 2.40. The zero-order valence-corrected chi connectivity index (χ0v) is 13.1. The summed E-state index contributed by atoms with van der Waals surface area (Å²) < 4.78 is 0. The summed E-state index contributed by atoms with van der Waals surface area (Å²) in [5, 5.41) is 1.34. The minimum Gasteiger partial charge on any atom is -0.343 e. The molecule has 3 heteroatoms. The van der Waals surface area contributed by atoms with Gasteiger partial charge in [0.15, 0.2) is 0 Å². The Bertz CT molecular complexity index is 631. The van der Waals surface area contributed by atoms with Crippen LogP contribution >= 0.6 is 0 Å². The van der Waals surface area contributed by atoms with E-state index in [0.717, 1.165) is 29.9 Å². The fourth-order valence-electron chi connectivity index (χ4n) is 4.13. The smallest absolute Gasteiger partial charge is 0.137 e. The Balaban J connectivity index is 1.67. The molecule has 1 saturated carbocycles. The molecule has 2 fully saturated rings. The molecule has 0 aromatic carbocycles. The maximum Gasteiger partial charge on any atom is 0.137 e. The highest BCUT2D eigenvalue weighted by atomic mass is 15.1. The van der Waals surface area contributed by atoms with Crippen molar-refractivity contribution in [1.82, 2.24) is 14.9 Å². The number of hydrogen-bond donors (Lipinski definition) is 1. The summed E-state index contributed by atoms with van der Waals surface area (Å²) >= 11 is 0. The van der Waals surface area contributed by atoms with E-state index in [1.165, 1.54) is 49.0 Å². The van der Waals surface area contributed by atoms with Crippen molar-refractivity contribution in [1.29, 1.82) is 0 Å². The SMILES string of the molecule is C[C@H]1C[C@H](C)CN(Cc2c(C3CC3)[nH]c3ncccc23)C1. The Kier molecular flexibility index (Phi) is 3.26. The van der Waals surface area contributed by atoms with Crippen LogP contribution in [0.4, 0.5) is 0 Å². The molecule has 2 aromatic rings. The lowest BCUT2D eigenvalue weighted by Crippen LogP contribution is -2.38. The summed E-state index contributed by atoms with van der Waals surface area (Å²) in [7, 11) is 0. The normalized spacial score (nSPS) is 27.3. The fraction of sp³-hybridized carbons (Fsp3) is 0.611. The first-order valence-electron chi connectivity index (χ1n) is 8.38. The van der Waals surface area contributed by atoms with Crippen LogP contribution in [-0.2, 0) is 6.54 Å². The minimum atomic E-state index is 0.758. The van der Waals surface area contributed by atoms with Crippen LogP contribution in [0.15, 0.2) is 18.3 Å². The topological polar surface area (TPSA) is 31.9 Å². The largest absolute Gasteiger partial charge is 0.343 e. The molecule has 3 heterocycles. The number of likely N-dealkylation sites (tertiary alicyclic amines) is 1. The predicted molar refractivity (Wildman–Crippen MR) is 86.3 cm³/mol. The van der Waals surface area contributed by atoms with Gasteiger partial charge in [-0.1, -0.05) is 13.8 Å². The first kappa shape index (κ1) is 13.3. The lowest BCUT2D eigenvalue weighted by atomic mass is 9.91. The number of fused-ring (bicyclic) bond motifs is 1. The van der Waals surface area contributed by atoms with Crippen LogP contribution in [0, 0.1) is 11.8 Å². The molecule has 0 spiro atoms. The Morgan fingerprint density at radius 2 is 2.00 bits per heavy atom. The molecule has 1 saturated heterocycles. The zero-order valence-electron chi connectivity index (χ0n) is 13.1. The van der Waals surface area contributed by atoms with Crippen molar-refractivity contribution in [3.05, 3.63) is 29.6 Å². The van der Waals surface area contributed by atoms with Crippen molar-refractivity contribution >= 4 is 11.0 Å². The number of aromatic amines is 1. The van der Waals surface area contributed by atoms with E-state index in [4.69, 9.17) is 0 Å². The van der Waals surface area contributed by atoms with E-state index in [1.807, 2.05) is 6.20 Å². The van der Waals surface area contributed by atoms with Crippen LogP contribution in [0.5, 0.6) is 0 Å². The molecule has 3 nitrogen and oxygen atoms in total. The monoisotopic (exact) mass is 283 g/mol. The summed E-state index contributed by atoms with van der Waals surface area (Å²) in [5.41, 5.74) is 4.06. The van der Waals surface area contributed by atoms with E-state index in [2.05, 4.69) is 40.8 Å². The second kappa shape index (κ2) is 5.13. The van der Waals surface area contributed by atoms with Crippen LogP contribution in [0.2, 0.25) is 0 Å². The molecular formula is C18H25N3. The van der Waals surface area contributed by atoms with Gasteiger partial charge in [-0.05, 0) is 54.7 Å². The fourth-order valence-corrected chi connectivity index (χ4v) is 4.13. The van der Waals surface area contributed by atoms with Crippen LogP contribution in [-0.4, -0.2) is 28.0 Å². The van der Waals surface area contributed by atoms with Crippen LogP contribution < -0.4 is 0 Å². The third kappa shape index (κ3) is 2.59. The molecule has 1 N–H and O–H groups in total. The van der Waals surface area contributed by atoms with E-state index in [-0.39, 0.29) is 0 Å². The molecule has 0 bridgehead atoms. The van der Waals surface area contributed by atoms with Gasteiger partial charge in [0.05, 0.1) is 0 Å². The summed E-state index contributed by atoms with van der Waals surface area (Å²) in [4.78, 5) is 10.8. The molecule has 1 aliphatic heterocycles. The second-order valence-electron chi connectivity index (χ2n) is 7.33. The highest BCUT2D eigenvalue weighted by molar-refractivity contribution is 5.81. The first-order chi connectivity index (χ1) is 10.2. The highest BCUT2D eigenvalue weighted by Crippen LogP contribution is 2.43. The van der Waals surface area contributed by atoms with Gasteiger partial charge >= 0.3 is 0 Å². The number of nitrogens with zero attached hydrogens (tertiary/aromatic N) is 2. The molecule has 112 valence electrons. The van der Waals surface area contributed by atoms with Gasteiger partial charge in [-0.3, -0.25) is 4.90 Å². The number of rotatable bonds is 3. The lowest BCUT2D eigenvalue weighted by Gasteiger charge is -2.35. The van der Waals surface area contributed by atoms with Crippen molar-refractivity contribution in [3.8, 4) is 0 Å². The van der Waals surface area contributed by atoms with Crippen molar-refractivity contribution in [2.45, 2.75) is 45.6 Å². The van der Waals surface area contributed by atoms with Gasteiger partial charge in [0.25, 0.3) is 0 Å². The van der Waals surface area contributed by atoms with Crippen molar-refractivity contribution in [3.63, 3.8) is 0 Å². The number of H-pyrrole nitrogens is 1. The third-order valence-corrected chi connectivity index (χ3v) is 5.02. The number of pyridine rings is 1. The average Bonchev–Trinajstić information content (AvgIpc) is 3.22. The Morgan fingerprint density at radius 1 is 1.24 bits per heavy atom. The number of piperidine rings is 1. The Labute approximate surface area is 126 Å². The lowest BCUT2D eigenvalue weighted by molar-refractivity contribution is 0.134. The van der Waals surface area contributed by atoms with Gasteiger partial charge in [0, 0.05) is 36.9 Å². The van der Waals surface area contributed by atoms with Gasteiger partial charge in [-0.2, -0.15) is 0 Å². The van der Waals surface area contributed by atoms with E-state index in [9.17, 15) is 0 Å². The quantitative estimate of drug-likeness (QED) is 0.926. The number of hydrogen-bond acceptors (Lipinski definition) is 2. The first-order valence-corrected chi connectivity index (χ1v) is 8.38. The standard InChI is InChI=1S/C18H25N3/c1-12-8-13(2)10-21(9-12)11-16-15-4-3-7-19-18(15)20-17(16)14-5-6-14/h3-4,7,12-14H,5-6,8-11H2,1-2H3,(H,19,20)/t12-,13-/m0/s1. The van der Waals surface area contributed by atoms with Crippen LogP contribution in [0.1, 0.15) is 50.3 Å². The molecule has 4 rings (SSSR count). The summed E-state index contributed by atoms with van der Waals surface area (Å²) in [6.45, 7) is 8.34. The highest BCUT2D eigenvalue weighted by Gasteiger charge is 2.30. The van der Waals surface area contributed by atoms with Gasteiger partial charge in [0.2, 0.25) is 0 Å². The molecule has 21 heavy (non-hydrogen) atoms. The zero-order chi connectivity index (χ0) is 14.4. The Morgan fingerprint density at radius 3 is 2.71 bits per heavy atom.